The second kappa shape index (κ2) is 12.4. The zero-order chi connectivity index (χ0) is 27.9. The number of benzene rings is 4. The van der Waals surface area contributed by atoms with Crippen molar-refractivity contribution in [3.05, 3.63) is 126 Å². The standard InChI is InChI=1S/C18H10BrOS.C18H12BrO.2ClH.Zr/c1-18-8-11-12(9-18)16(6-5-13(11)19)21-15-4-2-3-14-10(15)7-17(18)20-14;1-18(10-13-6-4-7-15(19)14(13)11-18)17-9-12-5-2-3-8-16(12)20-17;;;/h2-7,9H,1H3;2-10H,1H3;2*1H;/q2*-1;;;+4/p-2. The van der Waals surface area contributed by atoms with Crippen molar-refractivity contribution in [2.45, 2.75) is 34.5 Å². The van der Waals surface area contributed by atoms with Gasteiger partial charge >= 0.3 is 26.2 Å². The maximum Gasteiger partial charge on any atom is 4.00 e. The SMILES string of the molecule is CC1(c2cc3ccccc3o2)[C-]=c2c(Br)cccc2=C1.CC12[C-]=c3c(Br)ccc(c3=C1)Sc1cccc3oc2cc13.[Cl-].[Cl-].[Zr+4]. The van der Waals surface area contributed by atoms with Gasteiger partial charge in [0, 0.05) is 26.5 Å². The van der Waals surface area contributed by atoms with Crippen molar-refractivity contribution in [1.82, 2.24) is 0 Å². The topological polar surface area (TPSA) is 26.3 Å². The third-order valence-corrected chi connectivity index (χ3v) is 10.5. The van der Waals surface area contributed by atoms with Gasteiger partial charge in [-0.25, -0.2) is 0 Å². The molecule has 2 atom stereocenters. The largest absolute Gasteiger partial charge is 4.00 e. The summed E-state index contributed by atoms with van der Waals surface area (Å²) < 4.78 is 14.3. The van der Waals surface area contributed by atoms with E-state index in [0.717, 1.165) is 47.5 Å². The van der Waals surface area contributed by atoms with Crippen LogP contribution in [0.1, 0.15) is 25.4 Å². The minimum atomic E-state index is -0.314. The van der Waals surface area contributed by atoms with Gasteiger partial charge in [-0.15, -0.1) is 84.4 Å². The van der Waals surface area contributed by atoms with Gasteiger partial charge < -0.3 is 33.6 Å². The van der Waals surface area contributed by atoms with Crippen molar-refractivity contribution >= 4 is 89.9 Å². The van der Waals surface area contributed by atoms with Gasteiger partial charge in [-0.2, -0.15) is 22.6 Å². The molecule has 0 N–H and O–H groups in total. The van der Waals surface area contributed by atoms with Gasteiger partial charge in [-0.05, 0) is 35.2 Å². The molecule has 2 aromatic heterocycles. The number of hydrogen-bond acceptors (Lipinski definition) is 3. The van der Waals surface area contributed by atoms with E-state index in [2.05, 4.69) is 119 Å². The Morgan fingerprint density at radius 3 is 2.11 bits per heavy atom. The predicted molar refractivity (Wildman–Crippen MR) is 174 cm³/mol. The Morgan fingerprint density at radius 2 is 1.32 bits per heavy atom. The van der Waals surface area contributed by atoms with Crippen LogP contribution in [0.4, 0.5) is 0 Å². The summed E-state index contributed by atoms with van der Waals surface area (Å²) in [4.78, 5) is 2.52. The number of furan rings is 2. The molecule has 2 nitrogen and oxygen atoms in total. The quantitative estimate of drug-likeness (QED) is 0.236. The number of rotatable bonds is 1. The molecule has 4 aromatic carbocycles. The molecule has 0 saturated carbocycles. The van der Waals surface area contributed by atoms with E-state index in [-0.39, 0.29) is 61.8 Å². The van der Waals surface area contributed by atoms with Gasteiger partial charge in [0.05, 0.1) is 0 Å². The maximum atomic E-state index is 6.11. The summed E-state index contributed by atoms with van der Waals surface area (Å²) in [6.45, 7) is 4.30. The molecule has 0 saturated heterocycles. The Hall–Kier alpha value is -1.79. The van der Waals surface area contributed by atoms with Crippen LogP contribution in [0.25, 0.3) is 46.2 Å². The zero-order valence-electron chi connectivity index (χ0n) is 23.5. The van der Waals surface area contributed by atoms with Gasteiger partial charge in [-0.3, -0.25) is 0 Å². The van der Waals surface area contributed by atoms with E-state index in [1.165, 1.54) is 25.6 Å². The Balaban J connectivity index is 0.000000164. The first-order valence-corrected chi connectivity index (χ1v) is 15.8. The van der Waals surface area contributed by atoms with E-state index >= 15 is 0 Å². The first kappa shape index (κ1) is 33.6. The first-order chi connectivity index (χ1) is 19.8. The summed E-state index contributed by atoms with van der Waals surface area (Å²) in [6.07, 6.45) is 11.7. The zero-order valence-corrected chi connectivity index (χ0v) is 31.4. The average molecular weight is 841 g/mol. The molecule has 1 aliphatic heterocycles. The van der Waals surface area contributed by atoms with Crippen LogP contribution in [0.5, 0.6) is 0 Å². The molecular formula is C36H22Br2Cl2O2SZr. The number of halogens is 4. The minimum absolute atomic E-state index is 0. The minimum Gasteiger partial charge on any atom is -1.00 e. The van der Waals surface area contributed by atoms with Crippen molar-refractivity contribution in [2.75, 3.05) is 0 Å². The summed E-state index contributed by atoms with van der Waals surface area (Å²) >= 11 is 9.05. The van der Waals surface area contributed by atoms with Crippen LogP contribution in [-0.2, 0) is 37.0 Å². The van der Waals surface area contributed by atoms with Crippen molar-refractivity contribution in [3.8, 4) is 0 Å². The molecule has 2 aliphatic carbocycles. The van der Waals surface area contributed by atoms with Gasteiger partial charge in [0.25, 0.3) is 0 Å². The first-order valence-electron chi connectivity index (χ1n) is 13.4. The molecule has 3 aliphatic rings. The molecule has 3 heterocycles. The van der Waals surface area contributed by atoms with Gasteiger partial charge in [0.2, 0.25) is 0 Å². The van der Waals surface area contributed by atoms with E-state index in [0.29, 0.717) is 0 Å². The summed E-state index contributed by atoms with van der Waals surface area (Å²) in [7, 11) is 0. The predicted octanol–water partition coefficient (Wildman–Crippen LogP) is 1.68. The monoisotopic (exact) mass is 836 g/mol. The number of para-hydroxylation sites is 1. The summed E-state index contributed by atoms with van der Waals surface area (Å²) in [5.74, 6) is 1.89. The van der Waals surface area contributed by atoms with Crippen LogP contribution >= 0.6 is 43.6 Å². The fourth-order valence-corrected chi connectivity index (χ4v) is 7.90. The molecule has 0 radical (unpaired) electrons. The number of fused-ring (bicyclic) bond motifs is 5. The second-order valence-corrected chi connectivity index (χ2v) is 13.8. The summed E-state index contributed by atoms with van der Waals surface area (Å²) in [5.41, 5.74) is 1.26. The summed E-state index contributed by atoms with van der Waals surface area (Å²) in [5, 5.41) is 7.05. The Bertz CT molecular complexity index is 2300. The van der Waals surface area contributed by atoms with Crippen LogP contribution in [-0.4, -0.2) is 0 Å². The van der Waals surface area contributed by atoms with Crippen LogP contribution in [0, 0.1) is 0 Å². The smallest absolute Gasteiger partial charge is 1.00 e. The molecule has 216 valence electrons. The molecule has 4 bridgehead atoms. The van der Waals surface area contributed by atoms with Crippen molar-refractivity contribution in [2.24, 2.45) is 0 Å². The molecular weight excluding hydrogens is 818 g/mol. The molecule has 8 heteroatoms. The fraction of sp³-hybridized carbons (Fsp3) is 0.111. The van der Waals surface area contributed by atoms with Crippen LogP contribution < -0.4 is 45.7 Å². The van der Waals surface area contributed by atoms with Gasteiger partial charge in [0.15, 0.2) is 0 Å². The molecule has 44 heavy (non-hydrogen) atoms. The average Bonchev–Trinajstić information content (AvgIpc) is 3.74. The fourth-order valence-electron chi connectivity index (χ4n) is 5.92. The van der Waals surface area contributed by atoms with E-state index in [1.807, 2.05) is 36.4 Å². The molecule has 0 amide bonds. The molecule has 6 aromatic rings. The van der Waals surface area contributed by atoms with Crippen molar-refractivity contribution < 1.29 is 59.9 Å². The van der Waals surface area contributed by atoms with Crippen LogP contribution in [0.15, 0.2) is 112 Å². The van der Waals surface area contributed by atoms with Gasteiger partial charge in [0.1, 0.15) is 22.7 Å². The summed E-state index contributed by atoms with van der Waals surface area (Å²) in [6, 6.07) is 29.1. The molecule has 2 unspecified atom stereocenters. The van der Waals surface area contributed by atoms with Crippen LogP contribution in [0.2, 0.25) is 0 Å². The third-order valence-electron chi connectivity index (χ3n) is 8.04. The third kappa shape index (κ3) is 5.48. The van der Waals surface area contributed by atoms with Gasteiger partial charge in [-0.1, -0.05) is 59.2 Å². The Morgan fingerprint density at radius 1 is 0.659 bits per heavy atom. The normalized spacial score (nSPS) is 19.6. The maximum absolute atomic E-state index is 6.11. The van der Waals surface area contributed by atoms with Crippen molar-refractivity contribution in [1.29, 1.82) is 0 Å². The Kier molecular flexibility index (Phi) is 9.49. The van der Waals surface area contributed by atoms with E-state index in [1.54, 1.807) is 11.8 Å². The molecule has 9 rings (SSSR count). The molecule has 0 fully saturated rings. The number of hydrogen-bond donors (Lipinski definition) is 0. The second-order valence-electron chi connectivity index (χ2n) is 11.0. The van der Waals surface area contributed by atoms with E-state index < -0.39 is 0 Å². The van der Waals surface area contributed by atoms with E-state index in [4.69, 9.17) is 8.83 Å². The Labute approximate surface area is 307 Å². The van der Waals surface area contributed by atoms with Crippen molar-refractivity contribution in [3.63, 3.8) is 0 Å². The van der Waals surface area contributed by atoms with Crippen LogP contribution in [0.3, 0.4) is 0 Å². The van der Waals surface area contributed by atoms with E-state index in [9.17, 15) is 0 Å². The molecule has 0 spiro atoms.